The van der Waals surface area contributed by atoms with Crippen LogP contribution < -0.4 is 9.21 Å². The number of halogens is 3. The van der Waals surface area contributed by atoms with Crippen molar-refractivity contribution in [1.82, 2.24) is 0 Å². The molecule has 0 aliphatic carbocycles. The first-order chi connectivity index (χ1) is 13.0. The number of para-hydroxylation sites is 1. The van der Waals surface area contributed by atoms with Crippen LogP contribution in [0.1, 0.15) is 18.1 Å². The van der Waals surface area contributed by atoms with Gasteiger partial charge in [0.1, 0.15) is 6.54 Å². The maximum absolute atomic E-state index is 13.0. The van der Waals surface area contributed by atoms with E-state index in [0.717, 1.165) is 30.0 Å². The Bertz CT molecular complexity index is 1010. The molecular formula is C19H19F3N2O3S. The van der Waals surface area contributed by atoms with Crippen molar-refractivity contribution in [2.24, 2.45) is 0 Å². The van der Waals surface area contributed by atoms with Gasteiger partial charge in [-0.2, -0.15) is 13.2 Å². The van der Waals surface area contributed by atoms with Crippen LogP contribution in [0.5, 0.6) is 0 Å². The van der Waals surface area contributed by atoms with E-state index in [2.05, 4.69) is 0 Å². The fourth-order valence-electron chi connectivity index (χ4n) is 3.38. The van der Waals surface area contributed by atoms with Gasteiger partial charge in [-0.1, -0.05) is 24.3 Å². The number of hydrogen-bond donors (Lipinski definition) is 0. The number of amides is 1. The number of carbonyl (C=O) groups is 1. The standard InChI is InChI=1S/C19H19F3N2O3S/c1-13-10-14-6-3-4-9-17(14)24(13)18(25)12-23(28(2,26)27)16-8-5-7-15(11-16)19(20,21)22/h3-9,11,13H,10,12H2,1-2H3. The van der Waals surface area contributed by atoms with Crippen LogP contribution in [0.3, 0.4) is 0 Å². The maximum atomic E-state index is 13.0. The Morgan fingerprint density at radius 2 is 1.86 bits per heavy atom. The molecule has 0 N–H and O–H groups in total. The van der Waals surface area contributed by atoms with E-state index in [4.69, 9.17) is 0 Å². The van der Waals surface area contributed by atoms with Crippen molar-refractivity contribution < 1.29 is 26.4 Å². The van der Waals surface area contributed by atoms with E-state index in [1.54, 1.807) is 12.1 Å². The minimum Gasteiger partial charge on any atom is -0.307 e. The van der Waals surface area contributed by atoms with Gasteiger partial charge in [-0.15, -0.1) is 0 Å². The molecule has 1 heterocycles. The largest absolute Gasteiger partial charge is 0.416 e. The van der Waals surface area contributed by atoms with Gasteiger partial charge in [-0.25, -0.2) is 8.42 Å². The Hall–Kier alpha value is -2.55. The van der Waals surface area contributed by atoms with Crippen molar-refractivity contribution in [1.29, 1.82) is 0 Å². The number of fused-ring (bicyclic) bond motifs is 1. The summed E-state index contributed by atoms with van der Waals surface area (Å²) in [7, 11) is -3.98. The fourth-order valence-corrected chi connectivity index (χ4v) is 4.22. The van der Waals surface area contributed by atoms with Crippen LogP contribution in [0, 0.1) is 0 Å². The summed E-state index contributed by atoms with van der Waals surface area (Å²) in [5, 5.41) is 0. The lowest BCUT2D eigenvalue weighted by molar-refractivity contribution is -0.137. The zero-order valence-corrected chi connectivity index (χ0v) is 16.1. The molecule has 2 aromatic rings. The van der Waals surface area contributed by atoms with Crippen LogP contribution in [0.15, 0.2) is 48.5 Å². The molecule has 0 saturated heterocycles. The molecule has 1 amide bonds. The van der Waals surface area contributed by atoms with E-state index in [-0.39, 0.29) is 11.7 Å². The molecular weight excluding hydrogens is 393 g/mol. The van der Waals surface area contributed by atoms with E-state index in [1.165, 1.54) is 11.0 Å². The molecule has 1 aliphatic rings. The number of sulfonamides is 1. The second kappa shape index (κ2) is 7.12. The fraction of sp³-hybridized carbons (Fsp3) is 0.316. The normalized spacial score (nSPS) is 16.8. The summed E-state index contributed by atoms with van der Waals surface area (Å²) in [5.74, 6) is -0.500. The van der Waals surface area contributed by atoms with E-state index >= 15 is 0 Å². The van der Waals surface area contributed by atoms with E-state index < -0.39 is 34.2 Å². The summed E-state index contributed by atoms with van der Waals surface area (Å²) in [6.45, 7) is 1.26. The van der Waals surface area contributed by atoms with Crippen molar-refractivity contribution in [3.63, 3.8) is 0 Å². The van der Waals surface area contributed by atoms with Crippen LogP contribution in [0.25, 0.3) is 0 Å². The lowest BCUT2D eigenvalue weighted by atomic mass is 10.1. The highest BCUT2D eigenvalue weighted by molar-refractivity contribution is 7.92. The van der Waals surface area contributed by atoms with Crippen molar-refractivity contribution in [2.45, 2.75) is 25.6 Å². The average molecular weight is 412 g/mol. The lowest BCUT2D eigenvalue weighted by Crippen LogP contribution is -2.45. The van der Waals surface area contributed by atoms with Crippen LogP contribution >= 0.6 is 0 Å². The van der Waals surface area contributed by atoms with Gasteiger partial charge in [0.05, 0.1) is 17.5 Å². The van der Waals surface area contributed by atoms with Crippen molar-refractivity contribution >= 4 is 27.3 Å². The molecule has 0 fully saturated rings. The third-order valence-electron chi connectivity index (χ3n) is 4.62. The van der Waals surface area contributed by atoms with Gasteiger partial charge >= 0.3 is 6.18 Å². The zero-order chi connectivity index (χ0) is 20.7. The van der Waals surface area contributed by atoms with Gasteiger partial charge in [0.2, 0.25) is 15.9 Å². The SMILES string of the molecule is CC1Cc2ccccc2N1C(=O)CN(c1cccc(C(F)(F)F)c1)S(C)(=O)=O. The van der Waals surface area contributed by atoms with Crippen LogP contribution in [-0.2, 0) is 27.4 Å². The minimum absolute atomic E-state index is 0.173. The molecule has 28 heavy (non-hydrogen) atoms. The molecule has 1 atom stereocenters. The monoisotopic (exact) mass is 412 g/mol. The highest BCUT2D eigenvalue weighted by Gasteiger charge is 2.34. The van der Waals surface area contributed by atoms with E-state index in [9.17, 15) is 26.4 Å². The molecule has 5 nitrogen and oxygen atoms in total. The zero-order valence-electron chi connectivity index (χ0n) is 15.3. The van der Waals surface area contributed by atoms with E-state index in [0.29, 0.717) is 16.4 Å². The first-order valence-electron chi connectivity index (χ1n) is 8.53. The highest BCUT2D eigenvalue weighted by atomic mass is 32.2. The molecule has 0 spiro atoms. The van der Waals surface area contributed by atoms with Crippen LogP contribution in [0.2, 0.25) is 0 Å². The van der Waals surface area contributed by atoms with E-state index in [1.807, 2.05) is 19.1 Å². The Kier molecular flexibility index (Phi) is 5.14. The quantitative estimate of drug-likeness (QED) is 0.773. The van der Waals surface area contributed by atoms with Crippen LogP contribution in [0.4, 0.5) is 24.5 Å². The molecule has 0 radical (unpaired) electrons. The third kappa shape index (κ3) is 3.99. The molecule has 0 aromatic heterocycles. The van der Waals surface area contributed by atoms with Gasteiger partial charge in [0.25, 0.3) is 0 Å². The molecule has 9 heteroatoms. The molecule has 0 saturated carbocycles. The second-order valence-electron chi connectivity index (χ2n) is 6.76. The number of carbonyl (C=O) groups excluding carboxylic acids is 1. The van der Waals surface area contributed by atoms with Gasteiger partial charge in [0.15, 0.2) is 0 Å². The second-order valence-corrected chi connectivity index (χ2v) is 8.67. The van der Waals surface area contributed by atoms with Crippen molar-refractivity contribution in [3.05, 3.63) is 59.7 Å². The summed E-state index contributed by atoms with van der Waals surface area (Å²) in [4.78, 5) is 14.4. The molecule has 3 rings (SSSR count). The van der Waals surface area contributed by atoms with Gasteiger partial charge in [-0.05, 0) is 43.2 Å². The molecule has 150 valence electrons. The Labute approximate surface area is 161 Å². The smallest absolute Gasteiger partial charge is 0.307 e. The summed E-state index contributed by atoms with van der Waals surface area (Å²) in [6.07, 6.45) is -3.13. The number of hydrogen-bond acceptors (Lipinski definition) is 3. The molecule has 0 bridgehead atoms. The number of nitrogens with zero attached hydrogens (tertiary/aromatic N) is 2. The predicted octanol–water partition coefficient (Wildman–Crippen LogP) is 3.45. The van der Waals surface area contributed by atoms with Crippen molar-refractivity contribution in [2.75, 3.05) is 22.0 Å². The Balaban J connectivity index is 1.94. The van der Waals surface area contributed by atoms with Crippen molar-refractivity contribution in [3.8, 4) is 0 Å². The summed E-state index contributed by atoms with van der Waals surface area (Å²) < 4.78 is 64.2. The average Bonchev–Trinajstić information content (AvgIpc) is 2.93. The summed E-state index contributed by atoms with van der Waals surface area (Å²) in [5.41, 5.74) is 0.475. The molecule has 1 aliphatic heterocycles. The molecule has 1 unspecified atom stereocenters. The topological polar surface area (TPSA) is 57.7 Å². The number of rotatable bonds is 4. The van der Waals surface area contributed by atoms with Gasteiger partial charge < -0.3 is 4.90 Å². The minimum atomic E-state index is -4.62. The number of anilines is 2. The maximum Gasteiger partial charge on any atom is 0.416 e. The number of alkyl halides is 3. The number of benzene rings is 2. The highest BCUT2D eigenvalue weighted by Crippen LogP contribution is 2.34. The first-order valence-corrected chi connectivity index (χ1v) is 10.4. The molecule has 2 aromatic carbocycles. The third-order valence-corrected chi connectivity index (χ3v) is 5.76. The van der Waals surface area contributed by atoms with Crippen LogP contribution in [-0.4, -0.2) is 33.2 Å². The Morgan fingerprint density at radius 3 is 2.50 bits per heavy atom. The first kappa shape index (κ1) is 20.2. The van der Waals surface area contributed by atoms with Gasteiger partial charge in [-0.3, -0.25) is 9.10 Å². The van der Waals surface area contributed by atoms with Gasteiger partial charge in [0, 0.05) is 11.7 Å². The summed E-state index contributed by atoms with van der Waals surface area (Å²) in [6, 6.07) is 11.1. The lowest BCUT2D eigenvalue weighted by Gasteiger charge is -2.28. The summed E-state index contributed by atoms with van der Waals surface area (Å²) >= 11 is 0. The predicted molar refractivity (Wildman–Crippen MR) is 101 cm³/mol. The Morgan fingerprint density at radius 1 is 1.18 bits per heavy atom.